The lowest BCUT2D eigenvalue weighted by atomic mass is 10.3. The molecular formula is C8H8ClNO4S. The molecule has 2 rings (SSSR count). The van der Waals surface area contributed by atoms with E-state index in [0.29, 0.717) is 28.3 Å². The first kappa shape index (κ1) is 10.8. The van der Waals surface area contributed by atoms with Crippen molar-refractivity contribution in [1.82, 2.24) is 4.98 Å². The second-order valence-corrected chi connectivity index (χ2v) is 4.59. The first-order chi connectivity index (χ1) is 7.16. The molecule has 5 nitrogen and oxygen atoms in total. The number of aliphatic carboxylic acids is 1. The largest absolute Gasteiger partial charge is 0.481 e. The lowest BCUT2D eigenvalue weighted by Gasteiger charge is -2.06. The maximum Gasteiger partial charge on any atom is 0.308 e. The van der Waals surface area contributed by atoms with Crippen molar-refractivity contribution in [2.75, 3.05) is 13.2 Å². The van der Waals surface area contributed by atoms with Gasteiger partial charge < -0.3 is 14.6 Å². The number of thiazole rings is 1. The minimum Gasteiger partial charge on any atom is -0.481 e. The zero-order valence-electron chi connectivity index (χ0n) is 7.60. The summed E-state index contributed by atoms with van der Waals surface area (Å²) in [4.78, 5) is 15.2. The van der Waals surface area contributed by atoms with Crippen molar-refractivity contribution in [3.63, 3.8) is 0 Å². The molecule has 0 aromatic carbocycles. The molecule has 0 spiro atoms. The standard InChI is InChI=1S/C8H8ClNO4S/c9-8-10-6(7-13-1-2-14-7)4(15-8)3-5(11)12/h7H,1-3H2,(H,11,12). The lowest BCUT2D eigenvalue weighted by molar-refractivity contribution is -0.136. The van der Waals surface area contributed by atoms with E-state index in [1.54, 1.807) is 0 Å². The molecular weight excluding hydrogens is 242 g/mol. The topological polar surface area (TPSA) is 68.7 Å². The fraction of sp³-hybridized carbons (Fsp3) is 0.500. The van der Waals surface area contributed by atoms with E-state index in [1.807, 2.05) is 0 Å². The Hall–Kier alpha value is -0.690. The van der Waals surface area contributed by atoms with E-state index < -0.39 is 12.3 Å². The second-order valence-electron chi connectivity index (χ2n) is 2.92. The van der Waals surface area contributed by atoms with Crippen molar-refractivity contribution in [2.24, 2.45) is 0 Å². The summed E-state index contributed by atoms with van der Waals surface area (Å²) >= 11 is 6.87. The summed E-state index contributed by atoms with van der Waals surface area (Å²) in [6.45, 7) is 0.985. The quantitative estimate of drug-likeness (QED) is 0.879. The number of aromatic nitrogens is 1. The fourth-order valence-corrected chi connectivity index (χ4v) is 2.46. The molecule has 0 radical (unpaired) electrons. The van der Waals surface area contributed by atoms with Crippen molar-refractivity contribution in [2.45, 2.75) is 12.7 Å². The van der Waals surface area contributed by atoms with Crippen LogP contribution in [0.2, 0.25) is 4.47 Å². The van der Waals surface area contributed by atoms with E-state index in [1.165, 1.54) is 0 Å². The first-order valence-electron chi connectivity index (χ1n) is 4.27. The van der Waals surface area contributed by atoms with Gasteiger partial charge in [0.1, 0.15) is 5.69 Å². The number of ether oxygens (including phenoxy) is 2. The smallest absolute Gasteiger partial charge is 0.308 e. The highest BCUT2D eigenvalue weighted by molar-refractivity contribution is 7.15. The molecule has 15 heavy (non-hydrogen) atoms. The van der Waals surface area contributed by atoms with Gasteiger partial charge in [-0.3, -0.25) is 4.79 Å². The third kappa shape index (κ3) is 2.46. The average molecular weight is 250 g/mol. The second kappa shape index (κ2) is 4.44. The zero-order valence-corrected chi connectivity index (χ0v) is 9.18. The van der Waals surface area contributed by atoms with Crippen LogP contribution in [0.4, 0.5) is 0 Å². The maximum atomic E-state index is 10.6. The molecule has 1 fully saturated rings. The SMILES string of the molecule is O=C(O)Cc1sc(Cl)nc1C1OCCO1. The van der Waals surface area contributed by atoms with Crippen molar-refractivity contribution >= 4 is 28.9 Å². The summed E-state index contributed by atoms with van der Waals surface area (Å²) in [5, 5.41) is 8.70. The van der Waals surface area contributed by atoms with Crippen LogP contribution in [-0.4, -0.2) is 29.3 Å². The molecule has 0 aliphatic carbocycles. The Kier molecular flexibility index (Phi) is 3.20. The van der Waals surface area contributed by atoms with Gasteiger partial charge in [-0.15, -0.1) is 11.3 Å². The summed E-state index contributed by atoms with van der Waals surface area (Å²) in [5.74, 6) is -0.922. The Morgan fingerprint density at radius 2 is 2.27 bits per heavy atom. The molecule has 0 bridgehead atoms. The first-order valence-corrected chi connectivity index (χ1v) is 5.46. The van der Waals surface area contributed by atoms with E-state index in [9.17, 15) is 4.79 Å². The zero-order chi connectivity index (χ0) is 10.8. The summed E-state index contributed by atoms with van der Waals surface area (Å²) in [5.41, 5.74) is 0.491. The molecule has 0 saturated carbocycles. The van der Waals surface area contributed by atoms with E-state index in [0.717, 1.165) is 11.3 Å². The third-order valence-electron chi connectivity index (χ3n) is 1.86. The van der Waals surface area contributed by atoms with Crippen molar-refractivity contribution in [3.8, 4) is 0 Å². The number of carbonyl (C=O) groups is 1. The van der Waals surface area contributed by atoms with Crippen molar-refractivity contribution < 1.29 is 19.4 Å². The van der Waals surface area contributed by atoms with E-state index in [2.05, 4.69) is 4.98 Å². The maximum absolute atomic E-state index is 10.6. The van der Waals surface area contributed by atoms with Gasteiger partial charge >= 0.3 is 5.97 Å². The molecule has 1 N–H and O–H groups in total. The Morgan fingerprint density at radius 3 is 2.87 bits per heavy atom. The number of hydrogen-bond donors (Lipinski definition) is 1. The number of halogens is 1. The minimum absolute atomic E-state index is 0.108. The highest BCUT2D eigenvalue weighted by Crippen LogP contribution is 2.32. The van der Waals surface area contributed by atoms with Crippen molar-refractivity contribution in [3.05, 3.63) is 15.0 Å². The van der Waals surface area contributed by atoms with E-state index in [4.69, 9.17) is 26.2 Å². The Morgan fingerprint density at radius 1 is 1.60 bits per heavy atom. The van der Waals surface area contributed by atoms with Gasteiger partial charge in [-0.1, -0.05) is 11.6 Å². The van der Waals surface area contributed by atoms with Gasteiger partial charge in [0.2, 0.25) is 6.29 Å². The van der Waals surface area contributed by atoms with Crippen LogP contribution in [0.5, 0.6) is 0 Å². The van der Waals surface area contributed by atoms with Crippen LogP contribution in [0, 0.1) is 0 Å². The van der Waals surface area contributed by atoms with E-state index in [-0.39, 0.29) is 6.42 Å². The fourth-order valence-electron chi connectivity index (χ4n) is 1.30. The van der Waals surface area contributed by atoms with Gasteiger partial charge in [0.25, 0.3) is 0 Å². The van der Waals surface area contributed by atoms with Gasteiger partial charge in [0, 0.05) is 4.88 Å². The summed E-state index contributed by atoms with van der Waals surface area (Å²) in [7, 11) is 0. The monoisotopic (exact) mass is 249 g/mol. The molecule has 82 valence electrons. The van der Waals surface area contributed by atoms with Gasteiger partial charge in [-0.2, -0.15) is 0 Å². The molecule has 1 aromatic heterocycles. The molecule has 1 aliphatic heterocycles. The number of carboxylic acid groups (broad SMARTS) is 1. The molecule has 1 aliphatic rings. The predicted octanol–water partition coefficient (Wildman–Crippen LogP) is 1.47. The Labute approximate surface area is 94.6 Å². The van der Waals surface area contributed by atoms with Crippen LogP contribution >= 0.6 is 22.9 Å². The summed E-state index contributed by atoms with van der Waals surface area (Å²) in [6, 6.07) is 0. The van der Waals surface area contributed by atoms with E-state index >= 15 is 0 Å². The van der Waals surface area contributed by atoms with Crippen molar-refractivity contribution in [1.29, 1.82) is 0 Å². The highest BCUT2D eigenvalue weighted by Gasteiger charge is 2.26. The Balaban J connectivity index is 2.24. The lowest BCUT2D eigenvalue weighted by Crippen LogP contribution is -2.06. The van der Waals surface area contributed by atoms with Gasteiger partial charge in [0.15, 0.2) is 4.47 Å². The molecule has 0 atom stereocenters. The third-order valence-corrected chi connectivity index (χ3v) is 3.03. The summed E-state index contributed by atoms with van der Waals surface area (Å²) < 4.78 is 10.8. The number of carboxylic acids is 1. The van der Waals surface area contributed by atoms with Crippen LogP contribution in [-0.2, 0) is 20.7 Å². The Bertz CT molecular complexity index is 375. The van der Waals surface area contributed by atoms with Crippen LogP contribution < -0.4 is 0 Å². The summed E-state index contributed by atoms with van der Waals surface area (Å²) in [6.07, 6.45) is -0.675. The number of hydrogen-bond acceptors (Lipinski definition) is 5. The highest BCUT2D eigenvalue weighted by atomic mass is 35.5. The average Bonchev–Trinajstić information content (AvgIpc) is 2.72. The minimum atomic E-state index is -0.922. The van der Waals surface area contributed by atoms with Crippen LogP contribution in [0.3, 0.4) is 0 Å². The van der Waals surface area contributed by atoms with Crippen LogP contribution in [0.15, 0.2) is 0 Å². The molecule has 1 aromatic rings. The normalized spacial score (nSPS) is 17.1. The van der Waals surface area contributed by atoms with Gasteiger partial charge in [0.05, 0.1) is 19.6 Å². The molecule has 0 amide bonds. The van der Waals surface area contributed by atoms with Crippen LogP contribution in [0.25, 0.3) is 0 Å². The predicted molar refractivity (Wildman–Crippen MR) is 53.1 cm³/mol. The number of nitrogens with zero attached hydrogens (tertiary/aromatic N) is 1. The molecule has 2 heterocycles. The molecule has 1 saturated heterocycles. The number of rotatable bonds is 3. The van der Waals surface area contributed by atoms with Crippen LogP contribution in [0.1, 0.15) is 16.9 Å². The van der Waals surface area contributed by atoms with Gasteiger partial charge in [-0.05, 0) is 0 Å². The molecule has 7 heteroatoms. The van der Waals surface area contributed by atoms with Gasteiger partial charge in [-0.25, -0.2) is 4.98 Å². The molecule has 0 unspecified atom stereocenters.